The maximum absolute atomic E-state index is 12.1. The molecule has 28 heavy (non-hydrogen) atoms. The highest BCUT2D eigenvalue weighted by molar-refractivity contribution is 6.34. The lowest BCUT2D eigenvalue weighted by Crippen LogP contribution is -2.37. The van der Waals surface area contributed by atoms with Crippen molar-refractivity contribution in [3.8, 4) is 23.3 Å². The lowest BCUT2D eigenvalue weighted by molar-refractivity contribution is -0.137. The fourth-order valence-corrected chi connectivity index (χ4v) is 3.60. The molecule has 144 valence electrons. The number of hydrogen-bond acceptors (Lipinski definition) is 5. The number of fused-ring (bicyclic) bond motifs is 3. The molecule has 3 heterocycles. The number of ether oxygens (including phenoxy) is 1. The molecule has 2 aliphatic rings. The Labute approximate surface area is 165 Å². The van der Waals surface area contributed by atoms with Gasteiger partial charge in [-0.2, -0.15) is 5.10 Å². The number of aliphatic hydroxyl groups is 1. The Morgan fingerprint density at radius 1 is 1.46 bits per heavy atom. The zero-order valence-electron chi connectivity index (χ0n) is 15.0. The summed E-state index contributed by atoms with van der Waals surface area (Å²) in [7, 11) is 1.63. The van der Waals surface area contributed by atoms with Gasteiger partial charge in [-0.25, -0.2) is 4.68 Å². The number of likely N-dealkylation sites (N-methyl/N-ethyl adjacent to an activating group) is 1. The summed E-state index contributed by atoms with van der Waals surface area (Å²) in [5.74, 6) is 4.96. The van der Waals surface area contributed by atoms with Crippen LogP contribution in [0, 0.1) is 11.8 Å². The first-order valence-corrected chi connectivity index (χ1v) is 9.03. The molecule has 8 nitrogen and oxygen atoms in total. The first kappa shape index (κ1) is 18.3. The molecule has 0 saturated carbocycles. The van der Waals surface area contributed by atoms with E-state index in [1.54, 1.807) is 25.2 Å². The third kappa shape index (κ3) is 2.89. The standard InChI is InChI=1S/C19H17ClN4O4/c1-23-8-7-19(27,18(23)26)6-4-11-2-3-14-13(10-11)24-12(5-9-28-14)15(20)16(22-24)17(21)25/h2-3,10,27H,5,7-9H2,1H3,(H2,21,25). The summed E-state index contributed by atoms with van der Waals surface area (Å²) in [6, 6.07) is 5.15. The van der Waals surface area contributed by atoms with Crippen molar-refractivity contribution in [2.75, 3.05) is 20.2 Å². The predicted molar refractivity (Wildman–Crippen MR) is 100 cm³/mol. The minimum absolute atomic E-state index is 0.00472. The maximum Gasteiger partial charge on any atom is 0.270 e. The predicted octanol–water partition coefficient (Wildman–Crippen LogP) is 0.504. The Hall–Kier alpha value is -3.02. The number of carbonyl (C=O) groups is 2. The van der Waals surface area contributed by atoms with Crippen molar-refractivity contribution in [3.63, 3.8) is 0 Å². The van der Waals surface area contributed by atoms with Crippen molar-refractivity contribution in [1.29, 1.82) is 0 Å². The van der Waals surface area contributed by atoms with Gasteiger partial charge in [0.25, 0.3) is 11.8 Å². The van der Waals surface area contributed by atoms with E-state index in [-0.39, 0.29) is 17.1 Å². The Morgan fingerprint density at radius 2 is 2.25 bits per heavy atom. The van der Waals surface area contributed by atoms with E-state index in [0.717, 1.165) is 0 Å². The van der Waals surface area contributed by atoms with Crippen LogP contribution < -0.4 is 10.5 Å². The summed E-state index contributed by atoms with van der Waals surface area (Å²) < 4.78 is 7.26. The Balaban J connectivity index is 1.77. The number of hydrogen-bond donors (Lipinski definition) is 2. The molecule has 3 N–H and O–H groups in total. The summed E-state index contributed by atoms with van der Waals surface area (Å²) in [5, 5.41) is 14.9. The van der Waals surface area contributed by atoms with Gasteiger partial charge in [-0.1, -0.05) is 23.4 Å². The first-order valence-electron chi connectivity index (χ1n) is 8.66. The van der Waals surface area contributed by atoms with E-state index < -0.39 is 17.4 Å². The van der Waals surface area contributed by atoms with E-state index in [1.807, 2.05) is 0 Å². The fraction of sp³-hybridized carbons (Fsp3) is 0.316. The summed E-state index contributed by atoms with van der Waals surface area (Å²) in [4.78, 5) is 25.1. The van der Waals surface area contributed by atoms with Gasteiger partial charge < -0.3 is 20.5 Å². The van der Waals surface area contributed by atoms with Crippen LogP contribution in [0.2, 0.25) is 5.02 Å². The minimum atomic E-state index is -1.68. The van der Waals surface area contributed by atoms with E-state index in [0.29, 0.717) is 42.3 Å². The number of aromatic nitrogens is 2. The highest BCUT2D eigenvalue weighted by Crippen LogP contribution is 2.32. The second-order valence-electron chi connectivity index (χ2n) is 6.75. The van der Waals surface area contributed by atoms with Gasteiger partial charge in [0.1, 0.15) is 11.4 Å². The highest BCUT2D eigenvalue weighted by atomic mass is 35.5. The second kappa shape index (κ2) is 6.55. The molecule has 1 aromatic carbocycles. The molecular weight excluding hydrogens is 384 g/mol. The van der Waals surface area contributed by atoms with E-state index >= 15 is 0 Å². The van der Waals surface area contributed by atoms with Crippen LogP contribution in [0.1, 0.15) is 28.2 Å². The molecule has 1 atom stereocenters. The molecule has 0 aliphatic carbocycles. The van der Waals surface area contributed by atoms with Crippen LogP contribution in [0.15, 0.2) is 18.2 Å². The number of primary amides is 1. The van der Waals surface area contributed by atoms with Crippen LogP contribution in [0.4, 0.5) is 0 Å². The van der Waals surface area contributed by atoms with Crippen molar-refractivity contribution in [1.82, 2.24) is 14.7 Å². The zero-order valence-corrected chi connectivity index (χ0v) is 15.8. The van der Waals surface area contributed by atoms with Crippen LogP contribution in [-0.4, -0.2) is 57.4 Å². The van der Waals surface area contributed by atoms with Crippen molar-refractivity contribution in [2.24, 2.45) is 5.73 Å². The van der Waals surface area contributed by atoms with Gasteiger partial charge in [0, 0.05) is 32.0 Å². The summed E-state index contributed by atoms with van der Waals surface area (Å²) in [5.41, 5.74) is 5.39. The molecule has 1 fully saturated rings. The van der Waals surface area contributed by atoms with Gasteiger partial charge in [0.05, 0.1) is 17.3 Å². The molecule has 4 rings (SSSR count). The summed E-state index contributed by atoms with van der Waals surface area (Å²) >= 11 is 6.27. The van der Waals surface area contributed by atoms with Gasteiger partial charge in [-0.3, -0.25) is 9.59 Å². The molecular formula is C19H17ClN4O4. The quantitative estimate of drug-likeness (QED) is 0.677. The van der Waals surface area contributed by atoms with E-state index in [4.69, 9.17) is 22.1 Å². The van der Waals surface area contributed by atoms with Gasteiger partial charge in [-0.05, 0) is 18.2 Å². The van der Waals surface area contributed by atoms with Crippen LogP contribution in [-0.2, 0) is 11.2 Å². The van der Waals surface area contributed by atoms with Crippen LogP contribution in [0.3, 0.4) is 0 Å². The Kier molecular flexibility index (Phi) is 4.29. The molecule has 1 aromatic heterocycles. The molecule has 1 saturated heterocycles. The molecule has 1 unspecified atom stereocenters. The monoisotopic (exact) mass is 400 g/mol. The van der Waals surface area contributed by atoms with E-state index in [1.165, 1.54) is 9.58 Å². The number of benzene rings is 1. The van der Waals surface area contributed by atoms with Gasteiger partial charge in [-0.15, -0.1) is 0 Å². The van der Waals surface area contributed by atoms with Crippen molar-refractivity contribution < 1.29 is 19.4 Å². The minimum Gasteiger partial charge on any atom is -0.491 e. The number of rotatable bonds is 1. The van der Waals surface area contributed by atoms with Gasteiger partial charge in [0.2, 0.25) is 5.60 Å². The lowest BCUT2D eigenvalue weighted by atomic mass is 10.0. The van der Waals surface area contributed by atoms with Crippen LogP contribution in [0.5, 0.6) is 5.75 Å². The third-order valence-electron chi connectivity index (χ3n) is 4.86. The van der Waals surface area contributed by atoms with E-state index in [2.05, 4.69) is 16.9 Å². The number of nitrogens with zero attached hydrogens (tertiary/aromatic N) is 3. The number of halogens is 1. The maximum atomic E-state index is 12.1. The zero-order chi connectivity index (χ0) is 20.1. The van der Waals surface area contributed by atoms with Crippen LogP contribution in [0.25, 0.3) is 5.69 Å². The molecule has 2 aliphatic heterocycles. The largest absolute Gasteiger partial charge is 0.491 e. The molecule has 9 heteroatoms. The van der Waals surface area contributed by atoms with Gasteiger partial charge in [0.15, 0.2) is 5.69 Å². The Morgan fingerprint density at radius 3 is 2.93 bits per heavy atom. The average Bonchev–Trinajstić information content (AvgIpc) is 3.05. The van der Waals surface area contributed by atoms with Crippen LogP contribution >= 0.6 is 11.6 Å². The smallest absolute Gasteiger partial charge is 0.270 e. The lowest BCUT2D eigenvalue weighted by Gasteiger charge is -2.13. The Bertz CT molecular complexity index is 1070. The molecule has 2 aromatic rings. The topological polar surface area (TPSA) is 111 Å². The number of likely N-dealkylation sites (tertiary alicyclic amines) is 1. The number of carbonyl (C=O) groups excluding carboxylic acids is 2. The van der Waals surface area contributed by atoms with Crippen molar-refractivity contribution in [3.05, 3.63) is 40.2 Å². The summed E-state index contributed by atoms with van der Waals surface area (Å²) in [6.45, 7) is 0.815. The first-order chi connectivity index (χ1) is 13.3. The third-order valence-corrected chi connectivity index (χ3v) is 5.25. The summed E-state index contributed by atoms with van der Waals surface area (Å²) in [6.07, 6.45) is 0.708. The number of amides is 2. The molecule has 0 bridgehead atoms. The molecule has 0 radical (unpaired) electrons. The van der Waals surface area contributed by atoms with Crippen molar-refractivity contribution in [2.45, 2.75) is 18.4 Å². The fourth-order valence-electron chi connectivity index (χ4n) is 3.29. The number of nitrogens with two attached hydrogens (primary N) is 1. The second-order valence-corrected chi connectivity index (χ2v) is 7.13. The molecule has 2 amide bonds. The highest BCUT2D eigenvalue weighted by Gasteiger charge is 2.42. The normalized spacial score (nSPS) is 20.5. The molecule has 0 spiro atoms. The van der Waals surface area contributed by atoms with Crippen molar-refractivity contribution >= 4 is 23.4 Å². The van der Waals surface area contributed by atoms with E-state index in [9.17, 15) is 14.7 Å². The average molecular weight is 401 g/mol. The SMILES string of the molecule is CN1CCC(O)(C#Cc2ccc3c(c2)-n2nc(C(N)=O)c(Cl)c2CCO3)C1=O. The van der Waals surface area contributed by atoms with Gasteiger partial charge >= 0.3 is 0 Å².